The third-order valence-corrected chi connectivity index (χ3v) is 2.42. The highest BCUT2D eigenvalue weighted by Crippen LogP contribution is 2.06. The minimum absolute atomic E-state index is 0.0898. The van der Waals surface area contributed by atoms with Crippen molar-refractivity contribution in [3.63, 3.8) is 0 Å². The summed E-state index contributed by atoms with van der Waals surface area (Å²) in [5.74, 6) is -0.0898. The maximum atomic E-state index is 11.6. The van der Waals surface area contributed by atoms with Crippen LogP contribution in [0, 0.1) is 0 Å². The maximum absolute atomic E-state index is 11.6. The fourth-order valence-corrected chi connectivity index (χ4v) is 1.55. The Labute approximate surface area is 101 Å². The Bertz CT molecular complexity index is 362. The van der Waals surface area contributed by atoms with Gasteiger partial charge < -0.3 is 10.4 Å². The normalized spacial score (nSPS) is 14.4. The molecule has 0 saturated heterocycles. The SMILES string of the molecule is CCCC(C)NC(=O)Cn1cc(C(C)O)nn1. The molecule has 96 valence electrons. The summed E-state index contributed by atoms with van der Waals surface area (Å²) < 4.78 is 1.43. The molecular weight excluding hydrogens is 220 g/mol. The van der Waals surface area contributed by atoms with Crippen LogP contribution in [0.3, 0.4) is 0 Å². The Morgan fingerprint density at radius 3 is 2.82 bits per heavy atom. The van der Waals surface area contributed by atoms with Gasteiger partial charge in [0.15, 0.2) is 0 Å². The first-order valence-corrected chi connectivity index (χ1v) is 5.90. The lowest BCUT2D eigenvalue weighted by Gasteiger charge is -2.12. The van der Waals surface area contributed by atoms with Gasteiger partial charge in [0, 0.05) is 6.04 Å². The van der Waals surface area contributed by atoms with Crippen LogP contribution in [0.4, 0.5) is 0 Å². The quantitative estimate of drug-likeness (QED) is 0.764. The number of nitrogens with one attached hydrogen (secondary N) is 1. The van der Waals surface area contributed by atoms with Crippen LogP contribution >= 0.6 is 0 Å². The molecule has 2 unspecified atom stereocenters. The molecule has 1 rings (SSSR count). The molecule has 0 aromatic carbocycles. The van der Waals surface area contributed by atoms with Gasteiger partial charge in [-0.1, -0.05) is 18.6 Å². The van der Waals surface area contributed by atoms with Gasteiger partial charge in [0.05, 0.1) is 12.3 Å². The summed E-state index contributed by atoms with van der Waals surface area (Å²) in [5, 5.41) is 19.7. The molecule has 0 fully saturated rings. The van der Waals surface area contributed by atoms with E-state index in [2.05, 4.69) is 22.6 Å². The van der Waals surface area contributed by atoms with Crippen LogP contribution in [0.2, 0.25) is 0 Å². The van der Waals surface area contributed by atoms with Gasteiger partial charge in [0.1, 0.15) is 12.2 Å². The molecule has 0 aliphatic heterocycles. The number of aliphatic hydroxyl groups is 1. The lowest BCUT2D eigenvalue weighted by molar-refractivity contribution is -0.122. The van der Waals surface area contributed by atoms with Crippen LogP contribution in [-0.4, -0.2) is 32.0 Å². The molecule has 0 radical (unpaired) electrons. The van der Waals surface area contributed by atoms with Crippen molar-refractivity contribution in [3.8, 4) is 0 Å². The second kappa shape index (κ2) is 6.34. The Kier molecular flexibility index (Phi) is 5.09. The number of amides is 1. The largest absolute Gasteiger partial charge is 0.387 e. The highest BCUT2D eigenvalue weighted by Gasteiger charge is 2.10. The van der Waals surface area contributed by atoms with Crippen molar-refractivity contribution in [1.29, 1.82) is 0 Å². The van der Waals surface area contributed by atoms with Gasteiger partial charge in [-0.25, -0.2) is 4.68 Å². The van der Waals surface area contributed by atoms with Crippen LogP contribution in [0.25, 0.3) is 0 Å². The average Bonchev–Trinajstić information content (AvgIpc) is 2.66. The summed E-state index contributed by atoms with van der Waals surface area (Å²) in [4.78, 5) is 11.6. The van der Waals surface area contributed by atoms with Gasteiger partial charge in [-0.15, -0.1) is 5.10 Å². The van der Waals surface area contributed by atoms with Gasteiger partial charge in [0.25, 0.3) is 0 Å². The second-order valence-corrected chi connectivity index (χ2v) is 4.27. The summed E-state index contributed by atoms with van der Waals surface area (Å²) >= 11 is 0. The molecule has 0 spiro atoms. The van der Waals surface area contributed by atoms with Crippen LogP contribution in [0.5, 0.6) is 0 Å². The zero-order valence-corrected chi connectivity index (χ0v) is 10.6. The molecule has 2 atom stereocenters. The number of nitrogens with zero attached hydrogens (tertiary/aromatic N) is 3. The van der Waals surface area contributed by atoms with Crippen LogP contribution in [-0.2, 0) is 11.3 Å². The monoisotopic (exact) mass is 240 g/mol. The molecule has 6 nitrogen and oxygen atoms in total. The number of hydrogen-bond acceptors (Lipinski definition) is 4. The van der Waals surface area contributed by atoms with Crippen molar-refractivity contribution < 1.29 is 9.90 Å². The van der Waals surface area contributed by atoms with E-state index in [4.69, 9.17) is 0 Å². The molecule has 1 aromatic heterocycles. The van der Waals surface area contributed by atoms with E-state index in [1.165, 1.54) is 4.68 Å². The number of aliphatic hydroxyl groups excluding tert-OH is 1. The predicted octanol–water partition coefficient (Wildman–Crippen LogP) is 0.636. The molecule has 1 heterocycles. The predicted molar refractivity (Wildman–Crippen MR) is 63.2 cm³/mol. The summed E-state index contributed by atoms with van der Waals surface area (Å²) in [7, 11) is 0. The minimum Gasteiger partial charge on any atom is -0.387 e. The van der Waals surface area contributed by atoms with Gasteiger partial charge in [-0.3, -0.25) is 4.79 Å². The van der Waals surface area contributed by atoms with E-state index < -0.39 is 6.10 Å². The van der Waals surface area contributed by atoms with Crippen LogP contribution in [0.1, 0.15) is 45.4 Å². The fraction of sp³-hybridized carbons (Fsp3) is 0.727. The van der Waals surface area contributed by atoms with Crippen LogP contribution < -0.4 is 5.32 Å². The van der Waals surface area contributed by atoms with Crippen LogP contribution in [0.15, 0.2) is 6.20 Å². The van der Waals surface area contributed by atoms with E-state index in [9.17, 15) is 9.90 Å². The lowest BCUT2D eigenvalue weighted by atomic mass is 10.2. The highest BCUT2D eigenvalue weighted by atomic mass is 16.3. The topological polar surface area (TPSA) is 80.0 Å². The van der Waals surface area contributed by atoms with Gasteiger partial charge in [-0.05, 0) is 20.3 Å². The minimum atomic E-state index is -0.661. The van der Waals surface area contributed by atoms with Crippen molar-refractivity contribution in [1.82, 2.24) is 20.3 Å². The molecule has 0 saturated carbocycles. The van der Waals surface area contributed by atoms with Crippen molar-refractivity contribution in [2.75, 3.05) is 0 Å². The molecule has 17 heavy (non-hydrogen) atoms. The Hall–Kier alpha value is -1.43. The second-order valence-electron chi connectivity index (χ2n) is 4.27. The Morgan fingerprint density at radius 1 is 1.59 bits per heavy atom. The highest BCUT2D eigenvalue weighted by molar-refractivity contribution is 5.75. The molecule has 1 aromatic rings. The molecule has 0 bridgehead atoms. The van der Waals surface area contributed by atoms with E-state index in [0.29, 0.717) is 5.69 Å². The molecule has 0 aliphatic carbocycles. The van der Waals surface area contributed by atoms with E-state index >= 15 is 0 Å². The van der Waals surface area contributed by atoms with E-state index in [0.717, 1.165) is 12.8 Å². The van der Waals surface area contributed by atoms with Gasteiger partial charge in [-0.2, -0.15) is 0 Å². The lowest BCUT2D eigenvalue weighted by Crippen LogP contribution is -2.35. The molecule has 2 N–H and O–H groups in total. The van der Waals surface area contributed by atoms with E-state index in [1.807, 2.05) is 6.92 Å². The fourth-order valence-electron chi connectivity index (χ4n) is 1.55. The van der Waals surface area contributed by atoms with Gasteiger partial charge >= 0.3 is 0 Å². The number of aromatic nitrogens is 3. The maximum Gasteiger partial charge on any atom is 0.242 e. The molecule has 1 amide bonds. The molecular formula is C11H20N4O2. The first kappa shape index (κ1) is 13.6. The first-order valence-electron chi connectivity index (χ1n) is 5.90. The third kappa shape index (κ3) is 4.52. The van der Waals surface area contributed by atoms with Crippen molar-refractivity contribution in [3.05, 3.63) is 11.9 Å². The third-order valence-electron chi connectivity index (χ3n) is 2.42. The van der Waals surface area contributed by atoms with E-state index in [-0.39, 0.29) is 18.5 Å². The summed E-state index contributed by atoms with van der Waals surface area (Å²) in [6, 6.07) is 0.173. The molecule has 0 aliphatic rings. The average molecular weight is 240 g/mol. The summed E-state index contributed by atoms with van der Waals surface area (Å²) in [6.45, 7) is 5.80. The smallest absolute Gasteiger partial charge is 0.242 e. The first-order chi connectivity index (χ1) is 8.02. The number of hydrogen-bond donors (Lipinski definition) is 2. The number of carbonyl (C=O) groups excluding carboxylic acids is 1. The zero-order chi connectivity index (χ0) is 12.8. The van der Waals surface area contributed by atoms with Crippen molar-refractivity contribution in [2.24, 2.45) is 0 Å². The number of carbonyl (C=O) groups is 1. The van der Waals surface area contributed by atoms with Crippen molar-refractivity contribution in [2.45, 2.75) is 52.3 Å². The van der Waals surface area contributed by atoms with Crippen molar-refractivity contribution >= 4 is 5.91 Å². The van der Waals surface area contributed by atoms with Gasteiger partial charge in [0.2, 0.25) is 5.91 Å². The summed E-state index contributed by atoms with van der Waals surface area (Å²) in [6.07, 6.45) is 2.92. The summed E-state index contributed by atoms with van der Waals surface area (Å²) in [5.41, 5.74) is 0.472. The molecule has 6 heteroatoms. The number of rotatable bonds is 6. The Morgan fingerprint density at radius 2 is 2.29 bits per heavy atom. The van der Waals surface area contributed by atoms with E-state index in [1.54, 1.807) is 13.1 Å². The zero-order valence-electron chi connectivity index (χ0n) is 10.6. The Balaban J connectivity index is 2.44. The standard InChI is InChI=1S/C11H20N4O2/c1-4-5-8(2)12-11(17)7-15-6-10(9(3)16)13-14-15/h6,8-9,16H,4-5,7H2,1-3H3,(H,12,17).